The van der Waals surface area contributed by atoms with E-state index in [9.17, 15) is 0 Å². The van der Waals surface area contributed by atoms with Crippen molar-refractivity contribution < 1.29 is 9.47 Å². The van der Waals surface area contributed by atoms with Crippen molar-refractivity contribution in [3.05, 3.63) is 0 Å². The molecule has 0 aromatic heterocycles. The molecule has 0 bridgehead atoms. The zero-order chi connectivity index (χ0) is 8.07. The molecule has 2 aliphatic carbocycles. The Labute approximate surface area is 73.2 Å². The van der Waals surface area contributed by atoms with Gasteiger partial charge in [0.2, 0.25) is 0 Å². The summed E-state index contributed by atoms with van der Waals surface area (Å²) in [5.74, 6) is -0.130. The first kappa shape index (κ1) is 7.34. The second kappa shape index (κ2) is 2.24. The van der Waals surface area contributed by atoms with Crippen molar-refractivity contribution in [2.45, 2.75) is 44.3 Å². The van der Waals surface area contributed by atoms with Crippen molar-refractivity contribution >= 4 is 0 Å². The Hall–Kier alpha value is -0.0800. The lowest BCUT2D eigenvalue weighted by atomic mass is 9.82. The van der Waals surface area contributed by atoms with Crippen LogP contribution in [0.4, 0.5) is 0 Å². The molecule has 1 heterocycles. The fourth-order valence-corrected chi connectivity index (χ4v) is 2.83. The monoisotopic (exact) mass is 168 g/mol. The van der Waals surface area contributed by atoms with Crippen molar-refractivity contribution in [3.8, 4) is 0 Å². The van der Waals surface area contributed by atoms with Crippen molar-refractivity contribution in [2.75, 3.05) is 13.2 Å². The average molecular weight is 168 g/mol. The Morgan fingerprint density at radius 2 is 1.58 bits per heavy atom. The van der Waals surface area contributed by atoms with E-state index < -0.39 is 0 Å². The Balaban J connectivity index is 1.78. The number of rotatable bonds is 0. The lowest BCUT2D eigenvalue weighted by Crippen LogP contribution is -2.37. The van der Waals surface area contributed by atoms with Crippen LogP contribution in [0.2, 0.25) is 0 Å². The first-order valence-corrected chi connectivity index (χ1v) is 5.11. The zero-order valence-electron chi connectivity index (χ0n) is 7.47. The van der Waals surface area contributed by atoms with E-state index in [0.717, 1.165) is 19.6 Å². The molecule has 2 heteroatoms. The highest BCUT2D eigenvalue weighted by molar-refractivity contribution is 5.01. The molecular weight excluding hydrogens is 152 g/mol. The highest BCUT2D eigenvalue weighted by Crippen LogP contribution is 2.60. The normalized spacial score (nSPS) is 36.0. The average Bonchev–Trinajstić information content (AvgIpc) is 2.63. The molecule has 0 radical (unpaired) electrons. The number of hydrogen-bond donors (Lipinski definition) is 0. The van der Waals surface area contributed by atoms with Crippen LogP contribution in [0.25, 0.3) is 0 Å². The fourth-order valence-electron chi connectivity index (χ4n) is 2.83. The molecule has 1 aliphatic heterocycles. The van der Waals surface area contributed by atoms with Crippen molar-refractivity contribution in [3.63, 3.8) is 0 Å². The maximum absolute atomic E-state index is 5.73. The maximum Gasteiger partial charge on any atom is 0.169 e. The van der Waals surface area contributed by atoms with Crippen LogP contribution in [0.15, 0.2) is 0 Å². The summed E-state index contributed by atoms with van der Waals surface area (Å²) >= 11 is 0. The van der Waals surface area contributed by atoms with E-state index in [-0.39, 0.29) is 5.79 Å². The van der Waals surface area contributed by atoms with Gasteiger partial charge < -0.3 is 9.47 Å². The molecule has 3 fully saturated rings. The minimum absolute atomic E-state index is 0.130. The molecule has 12 heavy (non-hydrogen) atoms. The van der Waals surface area contributed by atoms with Gasteiger partial charge in [-0.05, 0) is 31.1 Å². The molecule has 0 atom stereocenters. The summed E-state index contributed by atoms with van der Waals surface area (Å²) in [6, 6.07) is 0. The van der Waals surface area contributed by atoms with Gasteiger partial charge >= 0.3 is 0 Å². The highest BCUT2D eigenvalue weighted by atomic mass is 16.7. The minimum atomic E-state index is -0.130. The largest absolute Gasteiger partial charge is 0.348 e. The predicted molar refractivity (Wildman–Crippen MR) is 44.8 cm³/mol. The van der Waals surface area contributed by atoms with Crippen LogP contribution in [-0.2, 0) is 9.47 Å². The highest BCUT2D eigenvalue weighted by Gasteiger charge is 2.53. The van der Waals surface area contributed by atoms with Gasteiger partial charge in [0, 0.05) is 12.8 Å². The molecule has 0 amide bonds. The summed E-state index contributed by atoms with van der Waals surface area (Å²) in [5.41, 5.74) is 0.655. The van der Waals surface area contributed by atoms with E-state index in [0.29, 0.717) is 5.41 Å². The second-order valence-corrected chi connectivity index (χ2v) is 4.64. The second-order valence-electron chi connectivity index (χ2n) is 4.64. The fraction of sp³-hybridized carbons (Fsp3) is 1.00. The summed E-state index contributed by atoms with van der Waals surface area (Å²) in [6.45, 7) is 1.63. The topological polar surface area (TPSA) is 18.5 Å². The molecule has 2 nitrogen and oxygen atoms in total. The molecule has 68 valence electrons. The number of hydrogen-bond acceptors (Lipinski definition) is 2. The molecule has 3 aliphatic rings. The quantitative estimate of drug-likeness (QED) is 0.551. The van der Waals surface area contributed by atoms with Crippen LogP contribution in [-0.4, -0.2) is 19.0 Å². The van der Waals surface area contributed by atoms with Gasteiger partial charge in [0.15, 0.2) is 5.79 Å². The zero-order valence-corrected chi connectivity index (χ0v) is 7.47. The molecule has 2 saturated carbocycles. The third kappa shape index (κ3) is 1.01. The van der Waals surface area contributed by atoms with E-state index in [4.69, 9.17) is 9.47 Å². The first-order valence-electron chi connectivity index (χ1n) is 5.11. The van der Waals surface area contributed by atoms with E-state index in [1.54, 1.807) is 0 Å². The molecule has 1 saturated heterocycles. The standard InChI is InChI=1S/C10H16O2/c1-2-9(4-5-9)8-10(3-1)11-6-7-12-10/h1-8H2. The summed E-state index contributed by atoms with van der Waals surface area (Å²) in [5, 5.41) is 0. The molecule has 0 N–H and O–H groups in total. The molecular formula is C10H16O2. The van der Waals surface area contributed by atoms with Crippen molar-refractivity contribution in [1.82, 2.24) is 0 Å². The van der Waals surface area contributed by atoms with Gasteiger partial charge in [-0.25, -0.2) is 0 Å². The summed E-state index contributed by atoms with van der Waals surface area (Å²) in [7, 11) is 0. The van der Waals surface area contributed by atoms with Gasteiger partial charge in [-0.1, -0.05) is 0 Å². The lowest BCUT2D eigenvalue weighted by Gasteiger charge is -2.36. The molecule has 2 spiro atoms. The Morgan fingerprint density at radius 1 is 0.833 bits per heavy atom. The van der Waals surface area contributed by atoms with Crippen LogP contribution in [0, 0.1) is 5.41 Å². The van der Waals surface area contributed by atoms with Gasteiger partial charge in [0.25, 0.3) is 0 Å². The van der Waals surface area contributed by atoms with Crippen LogP contribution in [0.5, 0.6) is 0 Å². The third-order valence-corrected chi connectivity index (χ3v) is 3.68. The third-order valence-electron chi connectivity index (χ3n) is 3.68. The minimum Gasteiger partial charge on any atom is -0.348 e. The molecule has 3 rings (SSSR count). The van der Waals surface area contributed by atoms with Crippen LogP contribution in [0.1, 0.15) is 38.5 Å². The van der Waals surface area contributed by atoms with Gasteiger partial charge in [0.1, 0.15) is 0 Å². The number of ether oxygens (including phenoxy) is 2. The van der Waals surface area contributed by atoms with E-state index in [1.807, 2.05) is 0 Å². The van der Waals surface area contributed by atoms with E-state index >= 15 is 0 Å². The van der Waals surface area contributed by atoms with Crippen molar-refractivity contribution in [1.29, 1.82) is 0 Å². The SMILES string of the molecule is C1CC2(CC2)CC2(C1)OCCO2. The van der Waals surface area contributed by atoms with Crippen LogP contribution >= 0.6 is 0 Å². The molecule has 0 aromatic carbocycles. The van der Waals surface area contributed by atoms with Crippen LogP contribution < -0.4 is 0 Å². The van der Waals surface area contributed by atoms with Crippen LogP contribution in [0.3, 0.4) is 0 Å². The Bertz CT molecular complexity index is 190. The Morgan fingerprint density at radius 3 is 2.25 bits per heavy atom. The van der Waals surface area contributed by atoms with E-state index in [2.05, 4.69) is 0 Å². The molecule has 0 unspecified atom stereocenters. The van der Waals surface area contributed by atoms with Gasteiger partial charge in [-0.3, -0.25) is 0 Å². The predicted octanol–water partition coefficient (Wildman–Crippen LogP) is 2.08. The van der Waals surface area contributed by atoms with E-state index in [1.165, 1.54) is 32.1 Å². The Kier molecular flexibility index (Phi) is 1.37. The van der Waals surface area contributed by atoms with Crippen molar-refractivity contribution in [2.24, 2.45) is 5.41 Å². The van der Waals surface area contributed by atoms with Gasteiger partial charge in [0.05, 0.1) is 13.2 Å². The summed E-state index contributed by atoms with van der Waals surface area (Å²) in [6.07, 6.45) is 7.87. The smallest absolute Gasteiger partial charge is 0.169 e. The molecule has 0 aromatic rings. The summed E-state index contributed by atoms with van der Waals surface area (Å²) < 4.78 is 11.5. The first-order chi connectivity index (χ1) is 5.83. The van der Waals surface area contributed by atoms with Gasteiger partial charge in [-0.15, -0.1) is 0 Å². The summed E-state index contributed by atoms with van der Waals surface area (Å²) in [4.78, 5) is 0. The van der Waals surface area contributed by atoms with Gasteiger partial charge in [-0.2, -0.15) is 0 Å². The lowest BCUT2D eigenvalue weighted by molar-refractivity contribution is -0.190. The maximum atomic E-state index is 5.73.